The second-order valence-electron chi connectivity index (χ2n) is 4.52. The van der Waals surface area contributed by atoms with Crippen molar-refractivity contribution in [3.05, 3.63) is 11.9 Å². The number of nitrogens with zero attached hydrogens (tertiary/aromatic N) is 2. The van der Waals surface area contributed by atoms with Crippen LogP contribution < -0.4 is 10.1 Å². The second kappa shape index (κ2) is 3.50. The van der Waals surface area contributed by atoms with Gasteiger partial charge in [-0.15, -0.1) is 0 Å². The van der Waals surface area contributed by atoms with Crippen molar-refractivity contribution in [2.75, 3.05) is 7.11 Å². The molecule has 5 nitrogen and oxygen atoms in total. The number of carbonyl (C=O) groups excluding carboxylic acids is 1. The lowest BCUT2D eigenvalue weighted by atomic mass is 10.3. The first kappa shape index (κ1) is 9.69. The van der Waals surface area contributed by atoms with Crippen LogP contribution in [0.15, 0.2) is 6.20 Å². The summed E-state index contributed by atoms with van der Waals surface area (Å²) in [5, 5.41) is 2.92. The van der Waals surface area contributed by atoms with Crippen molar-refractivity contribution >= 4 is 6.03 Å². The third-order valence-electron chi connectivity index (χ3n) is 2.99. The van der Waals surface area contributed by atoms with Gasteiger partial charge in [-0.25, -0.2) is 9.36 Å². The molecule has 0 unspecified atom stereocenters. The maximum absolute atomic E-state index is 11.9. The number of aromatic nitrogens is 2. The summed E-state index contributed by atoms with van der Waals surface area (Å²) in [6.45, 7) is 0. The van der Waals surface area contributed by atoms with Gasteiger partial charge in [0.25, 0.3) is 0 Å². The molecule has 86 valence electrons. The van der Waals surface area contributed by atoms with Gasteiger partial charge in [0.05, 0.1) is 12.8 Å². The highest BCUT2D eigenvalue weighted by Crippen LogP contribution is 2.40. The van der Waals surface area contributed by atoms with Crippen molar-refractivity contribution < 1.29 is 9.53 Å². The van der Waals surface area contributed by atoms with Crippen LogP contribution in [0.2, 0.25) is 0 Å². The summed E-state index contributed by atoms with van der Waals surface area (Å²) in [5.74, 6) is 0.531. The molecule has 2 aliphatic rings. The fourth-order valence-corrected chi connectivity index (χ4v) is 1.72. The summed E-state index contributed by atoms with van der Waals surface area (Å²) in [6, 6.07) is 0.614. The molecule has 1 heterocycles. The number of ether oxygens (including phenoxy) is 1. The maximum Gasteiger partial charge on any atom is 0.329 e. The van der Waals surface area contributed by atoms with Gasteiger partial charge in [-0.05, 0) is 25.7 Å². The number of hydrogen-bond acceptors (Lipinski definition) is 3. The van der Waals surface area contributed by atoms with Crippen LogP contribution >= 0.6 is 0 Å². The fraction of sp³-hybridized carbons (Fsp3) is 0.636. The molecule has 1 aromatic rings. The smallest absolute Gasteiger partial charge is 0.329 e. The molecule has 0 aliphatic heterocycles. The molecule has 3 rings (SSSR count). The molecule has 0 bridgehead atoms. The molecule has 1 N–H and O–H groups in total. The van der Waals surface area contributed by atoms with Crippen LogP contribution in [0.4, 0.5) is 4.79 Å². The molecule has 0 saturated heterocycles. The molecule has 0 aromatic carbocycles. The topological polar surface area (TPSA) is 56.2 Å². The SMILES string of the molecule is COc1nc(C2CC2)cn1C(=O)NC1CC1. The van der Waals surface area contributed by atoms with Crippen molar-refractivity contribution in [2.45, 2.75) is 37.6 Å². The largest absolute Gasteiger partial charge is 0.468 e. The standard InChI is InChI=1S/C11H15N3O2/c1-16-11-13-9(7-2-3-7)6-14(11)10(15)12-8-4-5-8/h6-8H,2-5H2,1H3,(H,12,15). The van der Waals surface area contributed by atoms with Crippen molar-refractivity contribution in [1.82, 2.24) is 14.9 Å². The fourth-order valence-electron chi connectivity index (χ4n) is 1.72. The predicted octanol–water partition coefficient (Wildman–Crippen LogP) is 1.49. The first-order chi connectivity index (χ1) is 7.78. The monoisotopic (exact) mass is 221 g/mol. The van der Waals surface area contributed by atoms with E-state index in [1.54, 1.807) is 13.3 Å². The van der Waals surface area contributed by atoms with E-state index in [1.807, 2.05) is 0 Å². The second-order valence-corrected chi connectivity index (χ2v) is 4.52. The average Bonchev–Trinajstić information content (AvgIpc) is 3.18. The minimum absolute atomic E-state index is 0.126. The molecular weight excluding hydrogens is 206 g/mol. The molecule has 5 heteroatoms. The van der Waals surface area contributed by atoms with E-state index in [9.17, 15) is 4.79 Å². The number of rotatable bonds is 3. The summed E-state index contributed by atoms with van der Waals surface area (Å²) in [5.41, 5.74) is 0.975. The Balaban J connectivity index is 1.82. The summed E-state index contributed by atoms with van der Waals surface area (Å²) < 4.78 is 6.60. The third-order valence-corrected chi connectivity index (χ3v) is 2.99. The van der Waals surface area contributed by atoms with Gasteiger partial charge in [0.2, 0.25) is 0 Å². The van der Waals surface area contributed by atoms with Gasteiger partial charge in [-0.2, -0.15) is 4.98 Å². The molecule has 16 heavy (non-hydrogen) atoms. The molecule has 0 spiro atoms. The van der Waals surface area contributed by atoms with Crippen LogP contribution in [0, 0.1) is 0 Å². The zero-order valence-corrected chi connectivity index (χ0v) is 9.27. The Labute approximate surface area is 93.8 Å². The van der Waals surface area contributed by atoms with E-state index >= 15 is 0 Å². The molecule has 0 atom stereocenters. The number of carbonyl (C=O) groups is 1. The van der Waals surface area contributed by atoms with E-state index in [0.717, 1.165) is 18.5 Å². The normalized spacial score (nSPS) is 19.6. The summed E-state index contributed by atoms with van der Waals surface area (Å²) >= 11 is 0. The zero-order valence-electron chi connectivity index (χ0n) is 9.27. The van der Waals surface area contributed by atoms with Crippen LogP contribution in [0.1, 0.15) is 37.3 Å². The van der Waals surface area contributed by atoms with Gasteiger partial charge in [-0.3, -0.25) is 0 Å². The molecule has 0 radical (unpaired) electrons. The summed E-state index contributed by atoms with van der Waals surface area (Å²) in [6.07, 6.45) is 6.31. The Morgan fingerprint density at radius 3 is 2.81 bits per heavy atom. The molecule has 2 aliphatic carbocycles. The van der Waals surface area contributed by atoms with E-state index in [-0.39, 0.29) is 6.03 Å². The lowest BCUT2D eigenvalue weighted by molar-refractivity contribution is 0.237. The van der Waals surface area contributed by atoms with E-state index in [4.69, 9.17) is 4.74 Å². The van der Waals surface area contributed by atoms with Gasteiger partial charge in [0, 0.05) is 18.2 Å². The first-order valence-electron chi connectivity index (χ1n) is 5.72. The van der Waals surface area contributed by atoms with Crippen LogP contribution in [0.3, 0.4) is 0 Å². The molecule has 1 amide bonds. The minimum Gasteiger partial charge on any atom is -0.468 e. The van der Waals surface area contributed by atoms with Crippen molar-refractivity contribution in [3.63, 3.8) is 0 Å². The van der Waals surface area contributed by atoms with Crippen LogP contribution in [0.5, 0.6) is 6.01 Å². The van der Waals surface area contributed by atoms with Crippen LogP contribution in [-0.2, 0) is 0 Å². The molecular formula is C11H15N3O2. The highest BCUT2D eigenvalue weighted by Gasteiger charge is 2.30. The van der Waals surface area contributed by atoms with Gasteiger partial charge in [0.1, 0.15) is 0 Å². The predicted molar refractivity (Wildman–Crippen MR) is 57.7 cm³/mol. The quantitative estimate of drug-likeness (QED) is 0.841. The number of nitrogens with one attached hydrogen (secondary N) is 1. The van der Waals surface area contributed by atoms with Crippen molar-refractivity contribution in [3.8, 4) is 6.01 Å². The Bertz CT molecular complexity index is 419. The van der Waals surface area contributed by atoms with Crippen LogP contribution in [-0.4, -0.2) is 28.7 Å². The highest BCUT2D eigenvalue weighted by molar-refractivity contribution is 5.78. The van der Waals surface area contributed by atoms with E-state index in [2.05, 4.69) is 10.3 Å². The third kappa shape index (κ3) is 1.77. The Hall–Kier alpha value is -1.52. The Kier molecular flexibility index (Phi) is 2.12. The lowest BCUT2D eigenvalue weighted by Gasteiger charge is -2.05. The molecule has 2 saturated carbocycles. The Morgan fingerprint density at radius 1 is 1.50 bits per heavy atom. The molecule has 1 aromatic heterocycles. The summed E-state index contributed by atoms with van der Waals surface area (Å²) in [7, 11) is 1.54. The van der Waals surface area contributed by atoms with Crippen molar-refractivity contribution in [2.24, 2.45) is 0 Å². The van der Waals surface area contributed by atoms with E-state index in [1.165, 1.54) is 17.4 Å². The maximum atomic E-state index is 11.9. The number of methoxy groups -OCH3 is 1. The number of imidazole rings is 1. The van der Waals surface area contributed by atoms with Gasteiger partial charge in [0.15, 0.2) is 0 Å². The van der Waals surface area contributed by atoms with Gasteiger partial charge >= 0.3 is 12.0 Å². The van der Waals surface area contributed by atoms with Gasteiger partial charge in [-0.1, -0.05) is 0 Å². The average molecular weight is 221 g/mol. The van der Waals surface area contributed by atoms with E-state index < -0.39 is 0 Å². The highest BCUT2D eigenvalue weighted by atomic mass is 16.5. The zero-order chi connectivity index (χ0) is 11.1. The summed E-state index contributed by atoms with van der Waals surface area (Å²) in [4.78, 5) is 16.2. The number of amides is 1. The van der Waals surface area contributed by atoms with Crippen molar-refractivity contribution in [1.29, 1.82) is 0 Å². The Morgan fingerprint density at radius 2 is 2.25 bits per heavy atom. The minimum atomic E-state index is -0.126. The number of hydrogen-bond donors (Lipinski definition) is 1. The van der Waals surface area contributed by atoms with Gasteiger partial charge < -0.3 is 10.1 Å². The van der Waals surface area contributed by atoms with E-state index in [0.29, 0.717) is 18.0 Å². The van der Waals surface area contributed by atoms with Crippen LogP contribution in [0.25, 0.3) is 0 Å². The first-order valence-corrected chi connectivity index (χ1v) is 5.72. The lowest BCUT2D eigenvalue weighted by Crippen LogP contribution is -2.30. The molecule has 2 fully saturated rings.